The maximum Gasteiger partial charge on any atom is 0.260 e. The molecular formula is C23H27N3O3S. The molecule has 30 heavy (non-hydrogen) atoms. The van der Waals surface area contributed by atoms with E-state index in [0.717, 1.165) is 60.4 Å². The van der Waals surface area contributed by atoms with E-state index in [-0.39, 0.29) is 5.91 Å². The minimum Gasteiger partial charge on any atom is -0.497 e. The molecular weight excluding hydrogens is 398 g/mol. The number of anilines is 1. The zero-order valence-corrected chi connectivity index (χ0v) is 18.3. The molecule has 1 aliphatic heterocycles. The summed E-state index contributed by atoms with van der Waals surface area (Å²) < 4.78 is 11.8. The van der Waals surface area contributed by atoms with Crippen molar-refractivity contribution in [3.8, 4) is 5.75 Å². The monoisotopic (exact) mass is 425 g/mol. The molecule has 0 unspecified atom stereocenters. The van der Waals surface area contributed by atoms with Crippen molar-refractivity contribution in [2.75, 3.05) is 51.4 Å². The smallest absolute Gasteiger partial charge is 0.260 e. The number of ether oxygens (including phenoxy) is 2. The van der Waals surface area contributed by atoms with Crippen molar-refractivity contribution in [3.63, 3.8) is 0 Å². The van der Waals surface area contributed by atoms with E-state index < -0.39 is 0 Å². The summed E-state index contributed by atoms with van der Waals surface area (Å²) in [6.07, 6.45) is 0.917. The number of thiazole rings is 1. The Kier molecular flexibility index (Phi) is 6.62. The van der Waals surface area contributed by atoms with Gasteiger partial charge in [-0.2, -0.15) is 0 Å². The number of hydrogen-bond donors (Lipinski definition) is 0. The molecule has 4 rings (SSSR count). The second-order valence-corrected chi connectivity index (χ2v) is 8.26. The first-order chi connectivity index (χ1) is 14.7. The van der Waals surface area contributed by atoms with Crippen LogP contribution in [0.1, 0.15) is 22.8 Å². The Balaban J connectivity index is 1.64. The summed E-state index contributed by atoms with van der Waals surface area (Å²) in [7, 11) is 1.62. The van der Waals surface area contributed by atoms with E-state index in [1.807, 2.05) is 29.2 Å². The number of methoxy groups -OCH3 is 1. The van der Waals surface area contributed by atoms with E-state index in [1.54, 1.807) is 18.4 Å². The summed E-state index contributed by atoms with van der Waals surface area (Å²) in [5.41, 5.74) is 2.84. The second kappa shape index (κ2) is 9.55. The van der Waals surface area contributed by atoms with Crippen molar-refractivity contribution < 1.29 is 14.3 Å². The molecule has 0 bridgehead atoms. The molecule has 1 aliphatic rings. The van der Waals surface area contributed by atoms with Crippen LogP contribution in [0.3, 0.4) is 0 Å². The summed E-state index contributed by atoms with van der Waals surface area (Å²) in [5, 5.41) is 0.750. The van der Waals surface area contributed by atoms with Gasteiger partial charge in [-0.1, -0.05) is 30.4 Å². The van der Waals surface area contributed by atoms with Gasteiger partial charge in [0.05, 0.1) is 30.5 Å². The van der Waals surface area contributed by atoms with Crippen LogP contribution in [0.25, 0.3) is 10.2 Å². The molecule has 0 saturated carbocycles. The molecule has 0 radical (unpaired) electrons. The minimum atomic E-state index is -0.0389. The number of carbonyl (C=O) groups excluding carboxylic acids is 1. The number of rotatable bonds is 7. The van der Waals surface area contributed by atoms with E-state index in [9.17, 15) is 4.79 Å². The van der Waals surface area contributed by atoms with Crippen molar-refractivity contribution >= 4 is 32.6 Å². The van der Waals surface area contributed by atoms with Gasteiger partial charge in [-0.15, -0.1) is 0 Å². The topological polar surface area (TPSA) is 54.9 Å². The Labute approximate surface area is 181 Å². The molecule has 0 aliphatic carbocycles. The van der Waals surface area contributed by atoms with E-state index in [4.69, 9.17) is 14.5 Å². The quantitative estimate of drug-likeness (QED) is 0.576. The van der Waals surface area contributed by atoms with Crippen LogP contribution in [0.4, 0.5) is 5.13 Å². The lowest BCUT2D eigenvalue weighted by Gasteiger charge is -2.29. The van der Waals surface area contributed by atoms with Gasteiger partial charge in [0.1, 0.15) is 5.75 Å². The molecule has 1 fully saturated rings. The first kappa shape index (κ1) is 20.8. The Morgan fingerprint density at radius 3 is 2.67 bits per heavy atom. The van der Waals surface area contributed by atoms with Crippen LogP contribution in [0.2, 0.25) is 0 Å². The van der Waals surface area contributed by atoms with Gasteiger partial charge in [-0.05, 0) is 42.3 Å². The summed E-state index contributed by atoms with van der Waals surface area (Å²) >= 11 is 1.58. The maximum absolute atomic E-state index is 13.5. The number of morpholine rings is 1. The Bertz CT molecular complexity index is 997. The molecule has 0 atom stereocenters. The third kappa shape index (κ3) is 4.48. The number of carbonyl (C=O) groups is 1. The molecule has 0 N–H and O–H groups in total. The zero-order chi connectivity index (χ0) is 20.9. The highest BCUT2D eigenvalue weighted by atomic mass is 32.1. The van der Waals surface area contributed by atoms with Crippen LogP contribution in [0.5, 0.6) is 5.75 Å². The molecule has 3 aromatic rings. The number of hydrogen-bond acceptors (Lipinski definition) is 6. The maximum atomic E-state index is 13.5. The minimum absolute atomic E-state index is 0.0389. The number of para-hydroxylation sites is 1. The van der Waals surface area contributed by atoms with Crippen molar-refractivity contribution in [1.82, 2.24) is 9.88 Å². The number of fused-ring (bicyclic) bond motifs is 1. The molecule has 158 valence electrons. The fraction of sp³-hybridized carbons (Fsp3) is 0.391. The van der Waals surface area contributed by atoms with Crippen molar-refractivity contribution in [3.05, 3.63) is 53.6 Å². The number of amides is 1. The molecule has 2 heterocycles. The van der Waals surface area contributed by atoms with Gasteiger partial charge < -0.3 is 9.47 Å². The highest BCUT2D eigenvalue weighted by Gasteiger charge is 2.23. The van der Waals surface area contributed by atoms with Gasteiger partial charge in [0, 0.05) is 31.7 Å². The van der Waals surface area contributed by atoms with Gasteiger partial charge in [0.15, 0.2) is 5.13 Å². The Hall–Kier alpha value is -2.48. The van der Waals surface area contributed by atoms with E-state index in [1.165, 1.54) is 5.56 Å². The molecule has 1 amide bonds. The predicted molar refractivity (Wildman–Crippen MR) is 121 cm³/mol. The van der Waals surface area contributed by atoms with Crippen molar-refractivity contribution in [2.24, 2.45) is 0 Å². The number of nitrogens with zero attached hydrogens (tertiary/aromatic N) is 3. The highest BCUT2D eigenvalue weighted by Crippen LogP contribution is 2.32. The van der Waals surface area contributed by atoms with Gasteiger partial charge in [-0.25, -0.2) is 4.98 Å². The first-order valence-electron chi connectivity index (χ1n) is 10.3. The van der Waals surface area contributed by atoms with Crippen LogP contribution < -0.4 is 9.64 Å². The standard InChI is InChI=1S/C23H27N3O3S/c1-3-17-5-4-6-20-21(17)24-23(30-20)26(12-11-25-13-15-29-16-14-25)22(27)18-7-9-19(28-2)10-8-18/h4-10H,3,11-16H2,1-2H3. The van der Waals surface area contributed by atoms with E-state index in [0.29, 0.717) is 12.1 Å². The van der Waals surface area contributed by atoms with E-state index in [2.05, 4.69) is 30.0 Å². The van der Waals surface area contributed by atoms with Crippen molar-refractivity contribution in [2.45, 2.75) is 13.3 Å². The molecule has 2 aromatic carbocycles. The Morgan fingerprint density at radius 1 is 1.20 bits per heavy atom. The number of benzene rings is 2. The summed E-state index contributed by atoms with van der Waals surface area (Å²) in [6.45, 7) is 6.79. The van der Waals surface area contributed by atoms with Crippen LogP contribution in [-0.4, -0.2) is 62.3 Å². The highest BCUT2D eigenvalue weighted by molar-refractivity contribution is 7.22. The Morgan fingerprint density at radius 2 is 1.97 bits per heavy atom. The van der Waals surface area contributed by atoms with Gasteiger partial charge in [0.25, 0.3) is 5.91 Å². The fourth-order valence-corrected chi connectivity index (χ4v) is 4.67. The zero-order valence-electron chi connectivity index (χ0n) is 17.5. The number of aryl methyl sites for hydroxylation is 1. The van der Waals surface area contributed by atoms with Gasteiger partial charge in [0.2, 0.25) is 0 Å². The fourth-order valence-electron chi connectivity index (χ4n) is 3.63. The average Bonchev–Trinajstić information content (AvgIpc) is 3.24. The van der Waals surface area contributed by atoms with Crippen molar-refractivity contribution in [1.29, 1.82) is 0 Å². The van der Waals surface area contributed by atoms with Gasteiger partial charge in [-0.3, -0.25) is 14.6 Å². The molecule has 0 spiro atoms. The third-order valence-electron chi connectivity index (χ3n) is 5.43. The SMILES string of the molecule is CCc1cccc2sc(N(CCN3CCOCC3)C(=O)c3ccc(OC)cc3)nc12. The van der Waals surface area contributed by atoms with Crippen LogP contribution >= 0.6 is 11.3 Å². The average molecular weight is 426 g/mol. The van der Waals surface area contributed by atoms with Crippen LogP contribution in [0.15, 0.2) is 42.5 Å². The third-order valence-corrected chi connectivity index (χ3v) is 6.47. The largest absolute Gasteiger partial charge is 0.497 e. The molecule has 1 saturated heterocycles. The van der Waals surface area contributed by atoms with E-state index >= 15 is 0 Å². The summed E-state index contributed by atoms with van der Waals surface area (Å²) in [4.78, 5) is 22.5. The molecule has 6 nitrogen and oxygen atoms in total. The van der Waals surface area contributed by atoms with Crippen LogP contribution in [0, 0.1) is 0 Å². The lowest BCUT2D eigenvalue weighted by atomic mass is 10.1. The lowest BCUT2D eigenvalue weighted by Crippen LogP contribution is -2.43. The second-order valence-electron chi connectivity index (χ2n) is 7.25. The predicted octanol–water partition coefficient (Wildman–Crippen LogP) is 3.85. The lowest BCUT2D eigenvalue weighted by molar-refractivity contribution is 0.0391. The normalized spacial score (nSPS) is 14.7. The molecule has 7 heteroatoms. The van der Waals surface area contributed by atoms with Gasteiger partial charge >= 0.3 is 0 Å². The summed E-state index contributed by atoms with van der Waals surface area (Å²) in [5.74, 6) is 0.696. The number of aromatic nitrogens is 1. The van der Waals surface area contributed by atoms with Crippen LogP contribution in [-0.2, 0) is 11.2 Å². The summed E-state index contributed by atoms with van der Waals surface area (Å²) in [6, 6.07) is 13.5. The first-order valence-corrected chi connectivity index (χ1v) is 11.2. The molecule has 1 aromatic heterocycles.